The number of rotatable bonds is 5. The fraction of sp³-hybridized carbons (Fsp3) is 0.316. The van der Waals surface area contributed by atoms with E-state index < -0.39 is 15.8 Å². The third-order valence-electron chi connectivity index (χ3n) is 5.02. The van der Waals surface area contributed by atoms with Crippen LogP contribution in [0.2, 0.25) is 0 Å². The summed E-state index contributed by atoms with van der Waals surface area (Å²) < 4.78 is 47.9. The second-order valence-corrected chi connectivity index (χ2v) is 8.69. The Morgan fingerprint density at radius 3 is 2.33 bits per heavy atom. The van der Waals surface area contributed by atoms with Crippen LogP contribution in [-0.2, 0) is 10.0 Å². The van der Waals surface area contributed by atoms with E-state index in [0.717, 1.165) is 11.9 Å². The van der Waals surface area contributed by atoms with Crippen molar-refractivity contribution in [3.63, 3.8) is 0 Å². The number of benzene rings is 1. The van der Waals surface area contributed by atoms with Crippen LogP contribution in [0.1, 0.15) is 5.82 Å². The van der Waals surface area contributed by atoms with Gasteiger partial charge < -0.3 is 9.64 Å². The van der Waals surface area contributed by atoms with Gasteiger partial charge in [0.15, 0.2) is 11.6 Å². The van der Waals surface area contributed by atoms with Crippen molar-refractivity contribution in [2.45, 2.75) is 11.8 Å². The molecule has 0 atom stereocenters. The highest BCUT2D eigenvalue weighted by atomic mass is 32.2. The first-order valence-corrected chi connectivity index (χ1v) is 10.8. The summed E-state index contributed by atoms with van der Waals surface area (Å²) in [5.41, 5.74) is 0. The SMILES string of the molecule is COc1ccc(F)cc1S(=O)(=O)N1CCN(c2ccc(-n3ccnc3C)nn2)CC1. The van der Waals surface area contributed by atoms with Crippen LogP contribution in [0.3, 0.4) is 0 Å². The van der Waals surface area contributed by atoms with Crippen molar-refractivity contribution >= 4 is 15.8 Å². The molecule has 1 fully saturated rings. The quantitative estimate of drug-likeness (QED) is 0.605. The molecule has 1 aliphatic rings. The molecule has 3 heterocycles. The third-order valence-corrected chi connectivity index (χ3v) is 6.93. The first-order chi connectivity index (χ1) is 14.4. The van der Waals surface area contributed by atoms with Gasteiger partial charge in [-0.2, -0.15) is 4.31 Å². The van der Waals surface area contributed by atoms with Gasteiger partial charge in [-0.05, 0) is 37.3 Å². The highest BCUT2D eigenvalue weighted by molar-refractivity contribution is 7.89. The molecule has 1 aliphatic heterocycles. The average Bonchev–Trinajstić information content (AvgIpc) is 3.20. The highest BCUT2D eigenvalue weighted by Gasteiger charge is 2.31. The van der Waals surface area contributed by atoms with E-state index in [2.05, 4.69) is 15.2 Å². The molecule has 0 amide bonds. The molecule has 3 aromatic rings. The van der Waals surface area contributed by atoms with Crippen LogP contribution in [0.5, 0.6) is 5.75 Å². The van der Waals surface area contributed by atoms with E-state index in [1.54, 1.807) is 6.20 Å². The summed E-state index contributed by atoms with van der Waals surface area (Å²) in [5.74, 6) is 1.63. The first-order valence-electron chi connectivity index (χ1n) is 9.33. The lowest BCUT2D eigenvalue weighted by molar-refractivity contribution is 0.372. The number of ether oxygens (including phenoxy) is 1. The number of hydrogen-bond donors (Lipinski definition) is 0. The number of aryl methyl sites for hydroxylation is 1. The molecule has 30 heavy (non-hydrogen) atoms. The molecular weight excluding hydrogens is 411 g/mol. The zero-order valence-electron chi connectivity index (χ0n) is 16.6. The Bertz CT molecular complexity index is 1140. The maximum Gasteiger partial charge on any atom is 0.246 e. The second-order valence-electron chi connectivity index (χ2n) is 6.78. The number of imidazole rings is 1. The minimum absolute atomic E-state index is 0.120. The normalized spacial score (nSPS) is 15.4. The molecular formula is C19H21FN6O3S. The lowest BCUT2D eigenvalue weighted by Gasteiger charge is -2.34. The average molecular weight is 432 g/mol. The molecule has 0 N–H and O–H groups in total. The Balaban J connectivity index is 1.47. The van der Waals surface area contributed by atoms with E-state index in [0.29, 0.717) is 24.7 Å². The van der Waals surface area contributed by atoms with Crippen molar-refractivity contribution in [2.75, 3.05) is 38.2 Å². The Morgan fingerprint density at radius 2 is 1.73 bits per heavy atom. The molecule has 4 rings (SSSR count). The van der Waals surface area contributed by atoms with Gasteiger partial charge in [0.05, 0.1) is 7.11 Å². The predicted octanol–water partition coefficient (Wildman–Crippen LogP) is 1.63. The summed E-state index contributed by atoms with van der Waals surface area (Å²) >= 11 is 0. The largest absolute Gasteiger partial charge is 0.495 e. The zero-order valence-corrected chi connectivity index (χ0v) is 17.4. The summed E-state index contributed by atoms with van der Waals surface area (Å²) in [6, 6.07) is 7.17. The van der Waals surface area contributed by atoms with Crippen LogP contribution in [0.15, 0.2) is 47.6 Å². The summed E-state index contributed by atoms with van der Waals surface area (Å²) in [4.78, 5) is 5.97. The van der Waals surface area contributed by atoms with Crippen molar-refractivity contribution < 1.29 is 17.5 Å². The molecule has 0 radical (unpaired) electrons. The van der Waals surface area contributed by atoms with Gasteiger partial charge >= 0.3 is 0 Å². The lowest BCUT2D eigenvalue weighted by Crippen LogP contribution is -2.49. The number of anilines is 1. The molecule has 0 aliphatic carbocycles. The molecule has 1 saturated heterocycles. The third kappa shape index (κ3) is 3.73. The Kier molecular flexibility index (Phi) is 5.39. The van der Waals surface area contributed by atoms with E-state index in [4.69, 9.17) is 4.74 Å². The molecule has 1 aromatic carbocycles. The molecule has 0 unspecified atom stereocenters. The number of halogens is 1. The summed E-state index contributed by atoms with van der Waals surface area (Å²) in [5, 5.41) is 8.52. The van der Waals surface area contributed by atoms with Gasteiger partial charge in [-0.1, -0.05) is 0 Å². The van der Waals surface area contributed by atoms with Crippen molar-refractivity contribution in [3.8, 4) is 11.6 Å². The van der Waals surface area contributed by atoms with Crippen molar-refractivity contribution in [2.24, 2.45) is 0 Å². The van der Waals surface area contributed by atoms with Gasteiger partial charge in [-0.3, -0.25) is 4.57 Å². The monoisotopic (exact) mass is 432 g/mol. The van der Waals surface area contributed by atoms with Gasteiger partial charge in [0.25, 0.3) is 0 Å². The zero-order chi connectivity index (χ0) is 21.3. The number of sulfonamides is 1. The number of nitrogens with zero attached hydrogens (tertiary/aromatic N) is 6. The number of piperazine rings is 1. The minimum Gasteiger partial charge on any atom is -0.495 e. The van der Waals surface area contributed by atoms with Crippen molar-refractivity contribution in [1.29, 1.82) is 0 Å². The van der Waals surface area contributed by atoms with Crippen LogP contribution in [0.25, 0.3) is 5.82 Å². The molecule has 0 bridgehead atoms. The van der Waals surface area contributed by atoms with E-state index in [9.17, 15) is 12.8 Å². The van der Waals surface area contributed by atoms with Crippen LogP contribution >= 0.6 is 0 Å². The second kappa shape index (κ2) is 8.00. The predicted molar refractivity (Wildman–Crippen MR) is 108 cm³/mol. The first kappa shape index (κ1) is 20.2. The molecule has 158 valence electrons. The number of aromatic nitrogens is 4. The maximum absolute atomic E-state index is 13.7. The molecule has 9 nitrogen and oxygen atoms in total. The highest BCUT2D eigenvalue weighted by Crippen LogP contribution is 2.28. The summed E-state index contributed by atoms with van der Waals surface area (Å²) in [7, 11) is -2.52. The molecule has 11 heteroatoms. The van der Waals surface area contributed by atoms with E-state index in [1.165, 1.54) is 23.5 Å². The van der Waals surface area contributed by atoms with Gasteiger partial charge in [0.1, 0.15) is 22.3 Å². The van der Waals surface area contributed by atoms with Crippen molar-refractivity contribution in [3.05, 3.63) is 54.4 Å². The van der Waals surface area contributed by atoms with Gasteiger partial charge in [0.2, 0.25) is 10.0 Å². The van der Waals surface area contributed by atoms with Gasteiger partial charge in [-0.15, -0.1) is 10.2 Å². The van der Waals surface area contributed by atoms with Crippen LogP contribution < -0.4 is 9.64 Å². The number of methoxy groups -OCH3 is 1. The van der Waals surface area contributed by atoms with E-state index in [-0.39, 0.29) is 23.7 Å². The van der Waals surface area contributed by atoms with E-state index in [1.807, 2.05) is 34.7 Å². The fourth-order valence-electron chi connectivity index (χ4n) is 3.38. The van der Waals surface area contributed by atoms with E-state index >= 15 is 0 Å². The van der Waals surface area contributed by atoms with Crippen LogP contribution in [0.4, 0.5) is 10.2 Å². The molecule has 2 aromatic heterocycles. The van der Waals surface area contributed by atoms with Crippen molar-refractivity contribution in [1.82, 2.24) is 24.1 Å². The Morgan fingerprint density at radius 1 is 1.03 bits per heavy atom. The molecule has 0 saturated carbocycles. The van der Waals surface area contributed by atoms with Crippen LogP contribution in [-0.4, -0.2) is 65.8 Å². The topological polar surface area (TPSA) is 93.5 Å². The number of hydrogen-bond acceptors (Lipinski definition) is 7. The lowest BCUT2D eigenvalue weighted by atomic mass is 10.3. The Hall–Kier alpha value is -3.05. The smallest absolute Gasteiger partial charge is 0.246 e. The molecule has 0 spiro atoms. The maximum atomic E-state index is 13.7. The fourth-order valence-corrected chi connectivity index (χ4v) is 4.97. The Labute approximate surface area is 173 Å². The standard InChI is InChI=1S/C19H21FN6O3S/c1-14-21-7-8-26(14)19-6-5-18(22-23-19)24-9-11-25(12-10-24)30(27,28)17-13-15(20)3-4-16(17)29-2/h3-8,13H,9-12H2,1-2H3. The van der Waals surface area contributed by atoms with Gasteiger partial charge in [-0.25, -0.2) is 17.8 Å². The minimum atomic E-state index is -3.88. The van der Waals surface area contributed by atoms with Crippen LogP contribution in [0, 0.1) is 12.7 Å². The summed E-state index contributed by atoms with van der Waals surface area (Å²) in [6.45, 7) is 3.24. The van der Waals surface area contributed by atoms with Gasteiger partial charge in [0, 0.05) is 38.6 Å². The summed E-state index contributed by atoms with van der Waals surface area (Å²) in [6.07, 6.45) is 3.50.